The van der Waals surface area contributed by atoms with Gasteiger partial charge in [-0.3, -0.25) is 4.79 Å². The topological polar surface area (TPSA) is 74.7 Å². The summed E-state index contributed by atoms with van der Waals surface area (Å²) in [6.07, 6.45) is 1.59. The Morgan fingerprint density at radius 3 is 2.52 bits per heavy atom. The van der Waals surface area contributed by atoms with Crippen molar-refractivity contribution in [2.45, 2.75) is 36.6 Å². The van der Waals surface area contributed by atoms with Crippen molar-refractivity contribution in [2.75, 3.05) is 6.54 Å². The molecule has 8 heteroatoms. The number of piperidine rings is 1. The summed E-state index contributed by atoms with van der Waals surface area (Å²) in [7, 11) is -3.94. The van der Waals surface area contributed by atoms with Crippen LogP contribution in [0, 0.1) is 0 Å². The van der Waals surface area contributed by atoms with Gasteiger partial charge in [0.2, 0.25) is 10.0 Å². The van der Waals surface area contributed by atoms with E-state index in [9.17, 15) is 18.3 Å². The Kier molecular flexibility index (Phi) is 4.54. The second-order valence-electron chi connectivity index (χ2n) is 5.19. The predicted octanol–water partition coefficient (Wildman–Crippen LogP) is 3.01. The van der Waals surface area contributed by atoms with Crippen LogP contribution in [0.15, 0.2) is 23.1 Å². The summed E-state index contributed by atoms with van der Waals surface area (Å²) in [6, 6.07) is 3.97. The minimum atomic E-state index is -3.94. The number of carboxylic acids is 1. The second-order valence-corrected chi connectivity index (χ2v) is 7.87. The molecule has 1 N–H and O–H groups in total. The molecule has 1 unspecified atom stereocenters. The number of rotatable bonds is 3. The molecule has 1 aromatic rings. The molecule has 0 saturated carbocycles. The minimum Gasteiger partial charge on any atom is -0.480 e. The lowest BCUT2D eigenvalue weighted by molar-refractivity contribution is -0.149. The molecule has 1 aliphatic heterocycles. The van der Waals surface area contributed by atoms with Gasteiger partial charge in [-0.05, 0) is 44.4 Å². The van der Waals surface area contributed by atoms with Crippen molar-refractivity contribution in [2.24, 2.45) is 0 Å². The van der Waals surface area contributed by atoms with Gasteiger partial charge in [-0.1, -0.05) is 23.2 Å². The Hall–Kier alpha value is -0.820. The van der Waals surface area contributed by atoms with E-state index in [4.69, 9.17) is 23.2 Å². The maximum absolute atomic E-state index is 12.7. The van der Waals surface area contributed by atoms with Crippen LogP contribution in [0.3, 0.4) is 0 Å². The highest BCUT2D eigenvalue weighted by Crippen LogP contribution is 2.35. The first-order valence-corrected chi connectivity index (χ1v) is 8.60. The average molecular weight is 352 g/mol. The first-order chi connectivity index (χ1) is 9.69. The Balaban J connectivity index is 2.50. The smallest absolute Gasteiger partial charge is 0.324 e. The Bertz CT molecular complexity index is 677. The van der Waals surface area contributed by atoms with Gasteiger partial charge in [-0.25, -0.2) is 8.42 Å². The lowest BCUT2D eigenvalue weighted by atomic mass is 9.91. The van der Waals surface area contributed by atoms with E-state index >= 15 is 0 Å². The Morgan fingerprint density at radius 2 is 1.95 bits per heavy atom. The highest BCUT2D eigenvalue weighted by molar-refractivity contribution is 7.89. The van der Waals surface area contributed by atoms with Crippen molar-refractivity contribution < 1.29 is 18.3 Å². The number of halogens is 2. The van der Waals surface area contributed by atoms with Crippen LogP contribution in [0.4, 0.5) is 0 Å². The van der Waals surface area contributed by atoms with E-state index < -0.39 is 21.5 Å². The van der Waals surface area contributed by atoms with Crippen molar-refractivity contribution >= 4 is 39.2 Å². The zero-order chi connectivity index (χ0) is 15.8. The number of hydrogen-bond donors (Lipinski definition) is 1. The van der Waals surface area contributed by atoms with Gasteiger partial charge in [-0.15, -0.1) is 0 Å². The largest absolute Gasteiger partial charge is 0.480 e. The molecule has 1 aromatic carbocycles. The van der Waals surface area contributed by atoms with Gasteiger partial charge >= 0.3 is 5.97 Å². The number of hydrogen-bond acceptors (Lipinski definition) is 3. The van der Waals surface area contributed by atoms with Crippen molar-refractivity contribution in [3.05, 3.63) is 28.2 Å². The van der Waals surface area contributed by atoms with Gasteiger partial charge in [0.25, 0.3) is 0 Å². The number of nitrogens with zero attached hydrogens (tertiary/aromatic N) is 1. The predicted molar refractivity (Wildman–Crippen MR) is 80.2 cm³/mol. The Morgan fingerprint density at radius 1 is 1.29 bits per heavy atom. The second kappa shape index (κ2) is 5.76. The van der Waals surface area contributed by atoms with Gasteiger partial charge in [0.1, 0.15) is 5.54 Å². The number of carbonyl (C=O) groups is 1. The fraction of sp³-hybridized carbons (Fsp3) is 0.462. The standard InChI is InChI=1S/C13H15Cl2NO4S/c1-13(12(17)18)6-2-3-7-16(13)21(19,20)9-4-5-10(14)11(15)8-9/h4-5,8H,2-3,6-7H2,1H3,(H,17,18). The average Bonchev–Trinajstić information content (AvgIpc) is 2.41. The highest BCUT2D eigenvalue weighted by atomic mass is 35.5. The monoisotopic (exact) mass is 351 g/mol. The summed E-state index contributed by atoms with van der Waals surface area (Å²) >= 11 is 11.6. The quantitative estimate of drug-likeness (QED) is 0.907. The molecule has 0 amide bonds. The molecule has 5 nitrogen and oxygen atoms in total. The van der Waals surface area contributed by atoms with Crippen LogP contribution in [0.2, 0.25) is 10.0 Å². The molecule has 21 heavy (non-hydrogen) atoms. The number of benzene rings is 1. The van der Waals surface area contributed by atoms with Gasteiger partial charge in [0.15, 0.2) is 0 Å². The third kappa shape index (κ3) is 2.90. The SMILES string of the molecule is CC1(C(=O)O)CCCCN1S(=O)(=O)c1ccc(Cl)c(Cl)c1. The summed E-state index contributed by atoms with van der Waals surface area (Å²) < 4.78 is 26.5. The minimum absolute atomic E-state index is 0.0497. The molecule has 0 aromatic heterocycles. The highest BCUT2D eigenvalue weighted by Gasteiger charge is 2.47. The molecular weight excluding hydrogens is 337 g/mol. The van der Waals surface area contributed by atoms with E-state index in [0.717, 1.165) is 4.31 Å². The van der Waals surface area contributed by atoms with E-state index in [1.807, 2.05) is 0 Å². The number of sulfonamides is 1. The molecule has 0 spiro atoms. The van der Waals surface area contributed by atoms with E-state index in [-0.39, 0.29) is 27.9 Å². The van der Waals surface area contributed by atoms with Crippen molar-refractivity contribution in [3.8, 4) is 0 Å². The first kappa shape index (κ1) is 16.5. The molecule has 0 bridgehead atoms. The van der Waals surface area contributed by atoms with Crippen LogP contribution >= 0.6 is 23.2 Å². The fourth-order valence-electron chi connectivity index (χ4n) is 2.46. The molecule has 116 valence electrons. The van der Waals surface area contributed by atoms with E-state index in [0.29, 0.717) is 12.8 Å². The van der Waals surface area contributed by atoms with Crippen molar-refractivity contribution in [3.63, 3.8) is 0 Å². The van der Waals surface area contributed by atoms with E-state index in [1.165, 1.54) is 25.1 Å². The normalized spacial score (nSPS) is 24.0. The molecule has 0 aliphatic carbocycles. The third-order valence-electron chi connectivity index (χ3n) is 3.77. The maximum Gasteiger partial charge on any atom is 0.324 e. The molecule has 1 saturated heterocycles. The molecule has 1 fully saturated rings. The van der Waals surface area contributed by atoms with Crippen LogP contribution in [0.1, 0.15) is 26.2 Å². The molecule has 0 radical (unpaired) electrons. The van der Waals surface area contributed by atoms with Crippen LogP contribution in [0.25, 0.3) is 0 Å². The summed E-state index contributed by atoms with van der Waals surface area (Å²) in [4.78, 5) is 11.5. The molecule has 2 rings (SSSR count). The van der Waals surface area contributed by atoms with Gasteiger partial charge in [-0.2, -0.15) is 4.31 Å². The van der Waals surface area contributed by atoms with E-state index in [1.54, 1.807) is 0 Å². The molecular formula is C13H15Cl2NO4S. The van der Waals surface area contributed by atoms with Gasteiger partial charge in [0.05, 0.1) is 14.9 Å². The third-order valence-corrected chi connectivity index (χ3v) is 6.52. The number of aliphatic carboxylic acids is 1. The van der Waals surface area contributed by atoms with Crippen molar-refractivity contribution in [1.29, 1.82) is 0 Å². The van der Waals surface area contributed by atoms with Crippen LogP contribution in [0.5, 0.6) is 0 Å². The summed E-state index contributed by atoms with van der Waals surface area (Å²) in [6.45, 7) is 1.61. The summed E-state index contributed by atoms with van der Waals surface area (Å²) in [5, 5.41) is 9.79. The van der Waals surface area contributed by atoms with Crippen LogP contribution in [-0.4, -0.2) is 35.9 Å². The lowest BCUT2D eigenvalue weighted by Gasteiger charge is -2.40. The maximum atomic E-state index is 12.7. The first-order valence-electron chi connectivity index (χ1n) is 6.41. The Labute approximate surface area is 133 Å². The van der Waals surface area contributed by atoms with Crippen LogP contribution < -0.4 is 0 Å². The zero-order valence-electron chi connectivity index (χ0n) is 11.3. The molecule has 1 heterocycles. The zero-order valence-corrected chi connectivity index (χ0v) is 13.7. The fourth-order valence-corrected chi connectivity index (χ4v) is 4.65. The van der Waals surface area contributed by atoms with E-state index in [2.05, 4.69) is 0 Å². The summed E-state index contributed by atoms with van der Waals surface area (Å²) in [5.74, 6) is -1.15. The summed E-state index contributed by atoms with van der Waals surface area (Å²) in [5.41, 5.74) is -1.44. The van der Waals surface area contributed by atoms with Gasteiger partial charge < -0.3 is 5.11 Å². The molecule has 1 atom stereocenters. The van der Waals surface area contributed by atoms with Crippen molar-refractivity contribution in [1.82, 2.24) is 4.31 Å². The molecule has 1 aliphatic rings. The number of carboxylic acid groups (broad SMARTS) is 1. The van der Waals surface area contributed by atoms with Gasteiger partial charge in [0, 0.05) is 6.54 Å². The van der Waals surface area contributed by atoms with Crippen LogP contribution in [-0.2, 0) is 14.8 Å². The lowest BCUT2D eigenvalue weighted by Crippen LogP contribution is -2.57.